The smallest absolute Gasteiger partial charge is 0.261 e. The second kappa shape index (κ2) is 6.56. The van der Waals surface area contributed by atoms with E-state index in [1.54, 1.807) is 24.3 Å². The van der Waals surface area contributed by atoms with Gasteiger partial charge in [-0.3, -0.25) is 4.79 Å². The zero-order chi connectivity index (χ0) is 16.3. The number of rotatable bonds is 4. The fourth-order valence-corrected chi connectivity index (χ4v) is 2.65. The van der Waals surface area contributed by atoms with E-state index in [0.29, 0.717) is 10.7 Å². The zero-order valence-electron chi connectivity index (χ0n) is 11.3. The van der Waals surface area contributed by atoms with Crippen LogP contribution in [0.4, 0.5) is 5.69 Å². The Morgan fingerprint density at radius 1 is 1.14 bits per heavy atom. The number of nitrogens with one attached hydrogen (secondary N) is 1. The van der Waals surface area contributed by atoms with Gasteiger partial charge in [0.25, 0.3) is 15.0 Å². The molecule has 0 spiro atoms. The minimum atomic E-state index is -3.94. The number of halogens is 2. The Labute approximate surface area is 137 Å². The van der Waals surface area contributed by atoms with Crippen LogP contribution in [0.25, 0.3) is 0 Å². The summed E-state index contributed by atoms with van der Waals surface area (Å²) in [5.41, 5.74) is 0.565. The molecular weight excluding hydrogens is 349 g/mol. The SMILES string of the molecule is COc1ccc(S(=O)(=O)Cl)cc1C(=O)Nc1ccc(Cl)cc1. The Morgan fingerprint density at radius 2 is 1.77 bits per heavy atom. The fraction of sp³-hybridized carbons (Fsp3) is 0.0714. The molecule has 0 aromatic heterocycles. The molecule has 0 radical (unpaired) electrons. The van der Waals surface area contributed by atoms with E-state index in [-0.39, 0.29) is 16.2 Å². The summed E-state index contributed by atoms with van der Waals surface area (Å²) >= 11 is 5.77. The van der Waals surface area contributed by atoms with Crippen molar-refractivity contribution >= 4 is 42.9 Å². The van der Waals surface area contributed by atoms with E-state index in [0.717, 1.165) is 6.07 Å². The Hall–Kier alpha value is -1.76. The van der Waals surface area contributed by atoms with Crippen molar-refractivity contribution in [2.24, 2.45) is 0 Å². The van der Waals surface area contributed by atoms with Crippen molar-refractivity contribution in [1.29, 1.82) is 0 Å². The van der Waals surface area contributed by atoms with Crippen LogP contribution in [-0.2, 0) is 9.05 Å². The predicted octanol–water partition coefficient (Wildman–Crippen LogP) is 3.53. The highest BCUT2D eigenvalue weighted by molar-refractivity contribution is 8.13. The maximum absolute atomic E-state index is 12.3. The fourth-order valence-electron chi connectivity index (χ4n) is 1.75. The number of ether oxygens (including phenoxy) is 1. The van der Waals surface area contributed by atoms with E-state index in [1.165, 1.54) is 19.2 Å². The van der Waals surface area contributed by atoms with Crippen molar-refractivity contribution in [3.05, 3.63) is 53.1 Å². The first-order chi connectivity index (χ1) is 10.3. The van der Waals surface area contributed by atoms with Crippen molar-refractivity contribution in [3.8, 4) is 5.75 Å². The molecule has 0 bridgehead atoms. The van der Waals surface area contributed by atoms with Crippen LogP contribution in [0, 0.1) is 0 Å². The van der Waals surface area contributed by atoms with Gasteiger partial charge in [0.1, 0.15) is 5.75 Å². The monoisotopic (exact) mass is 359 g/mol. The number of benzene rings is 2. The highest BCUT2D eigenvalue weighted by Gasteiger charge is 2.18. The summed E-state index contributed by atoms with van der Waals surface area (Å²) in [7, 11) is 2.73. The molecule has 0 saturated heterocycles. The summed E-state index contributed by atoms with van der Waals surface area (Å²) in [5.74, 6) is -0.295. The average Bonchev–Trinajstić information content (AvgIpc) is 2.48. The van der Waals surface area contributed by atoms with E-state index >= 15 is 0 Å². The van der Waals surface area contributed by atoms with E-state index in [4.69, 9.17) is 27.0 Å². The zero-order valence-corrected chi connectivity index (χ0v) is 13.7. The molecule has 8 heteroatoms. The summed E-state index contributed by atoms with van der Waals surface area (Å²) in [6, 6.07) is 10.3. The maximum atomic E-state index is 12.3. The number of amides is 1. The van der Waals surface area contributed by atoms with Crippen LogP contribution in [0.5, 0.6) is 5.75 Å². The van der Waals surface area contributed by atoms with Gasteiger partial charge in [-0.1, -0.05) is 11.6 Å². The van der Waals surface area contributed by atoms with Crippen molar-refractivity contribution < 1.29 is 17.9 Å². The Bertz CT molecular complexity index is 804. The van der Waals surface area contributed by atoms with E-state index in [2.05, 4.69) is 5.32 Å². The van der Waals surface area contributed by atoms with Gasteiger partial charge in [-0.25, -0.2) is 8.42 Å². The number of anilines is 1. The van der Waals surface area contributed by atoms with Gasteiger partial charge < -0.3 is 10.1 Å². The minimum Gasteiger partial charge on any atom is -0.496 e. The topological polar surface area (TPSA) is 72.5 Å². The molecule has 1 amide bonds. The van der Waals surface area contributed by atoms with Gasteiger partial charge >= 0.3 is 0 Å². The maximum Gasteiger partial charge on any atom is 0.261 e. The number of hydrogen-bond donors (Lipinski definition) is 1. The first-order valence-electron chi connectivity index (χ1n) is 6.01. The molecule has 2 aromatic rings. The van der Waals surface area contributed by atoms with Gasteiger partial charge in [-0.2, -0.15) is 0 Å². The predicted molar refractivity (Wildman–Crippen MR) is 85.4 cm³/mol. The largest absolute Gasteiger partial charge is 0.496 e. The summed E-state index contributed by atoms with van der Waals surface area (Å²) in [6.07, 6.45) is 0. The van der Waals surface area contributed by atoms with Gasteiger partial charge in [-0.15, -0.1) is 0 Å². The Morgan fingerprint density at radius 3 is 2.32 bits per heavy atom. The third-order valence-corrected chi connectivity index (χ3v) is 4.40. The first kappa shape index (κ1) is 16.6. The minimum absolute atomic E-state index is 0.0548. The van der Waals surface area contributed by atoms with Crippen LogP contribution in [0.3, 0.4) is 0 Å². The van der Waals surface area contributed by atoms with Crippen LogP contribution in [0.2, 0.25) is 5.02 Å². The molecule has 0 aliphatic heterocycles. The lowest BCUT2D eigenvalue weighted by molar-refractivity contribution is 0.102. The molecule has 2 rings (SSSR count). The van der Waals surface area contributed by atoms with E-state index in [1.807, 2.05) is 0 Å². The van der Waals surface area contributed by atoms with Gasteiger partial charge in [0.15, 0.2) is 0 Å². The molecule has 0 atom stereocenters. The standard InChI is InChI=1S/C14H11Cl2NO4S/c1-21-13-7-6-11(22(16,19)20)8-12(13)14(18)17-10-4-2-9(15)3-5-10/h2-8H,1H3,(H,17,18). The van der Waals surface area contributed by atoms with Crippen LogP contribution in [-0.4, -0.2) is 21.4 Å². The van der Waals surface area contributed by atoms with Crippen molar-refractivity contribution in [2.45, 2.75) is 4.90 Å². The highest BCUT2D eigenvalue weighted by atomic mass is 35.7. The molecule has 0 fully saturated rings. The van der Waals surface area contributed by atoms with Gasteiger partial charge in [0.2, 0.25) is 0 Å². The Kier molecular flexibility index (Phi) is 4.95. The molecule has 2 aromatic carbocycles. The lowest BCUT2D eigenvalue weighted by atomic mass is 10.2. The lowest BCUT2D eigenvalue weighted by Crippen LogP contribution is -2.13. The molecule has 0 heterocycles. The van der Waals surface area contributed by atoms with Gasteiger partial charge in [0, 0.05) is 21.4 Å². The molecule has 0 aliphatic rings. The first-order valence-corrected chi connectivity index (χ1v) is 8.69. The molecule has 5 nitrogen and oxygen atoms in total. The molecular formula is C14H11Cl2NO4S. The summed E-state index contributed by atoms with van der Waals surface area (Å²) < 4.78 is 27.8. The third kappa shape index (κ3) is 3.91. The molecule has 0 unspecified atom stereocenters. The molecule has 116 valence electrons. The summed E-state index contributed by atoms with van der Waals surface area (Å²) in [4.78, 5) is 12.1. The number of methoxy groups -OCH3 is 1. The van der Waals surface area contributed by atoms with Gasteiger partial charge in [0.05, 0.1) is 17.6 Å². The second-order valence-electron chi connectivity index (χ2n) is 4.26. The van der Waals surface area contributed by atoms with Gasteiger partial charge in [-0.05, 0) is 42.5 Å². The van der Waals surface area contributed by atoms with Crippen molar-refractivity contribution in [2.75, 3.05) is 12.4 Å². The Balaban J connectivity index is 2.37. The number of carbonyl (C=O) groups is 1. The lowest BCUT2D eigenvalue weighted by Gasteiger charge is -2.10. The average molecular weight is 360 g/mol. The van der Waals surface area contributed by atoms with Crippen LogP contribution in [0.1, 0.15) is 10.4 Å². The molecule has 0 aliphatic carbocycles. The van der Waals surface area contributed by atoms with Crippen molar-refractivity contribution in [3.63, 3.8) is 0 Å². The third-order valence-electron chi connectivity index (χ3n) is 2.80. The second-order valence-corrected chi connectivity index (χ2v) is 7.26. The van der Waals surface area contributed by atoms with Crippen LogP contribution in [0.15, 0.2) is 47.4 Å². The summed E-state index contributed by atoms with van der Waals surface area (Å²) in [6.45, 7) is 0. The quantitative estimate of drug-likeness (QED) is 0.847. The van der Waals surface area contributed by atoms with E-state index in [9.17, 15) is 13.2 Å². The van der Waals surface area contributed by atoms with Crippen molar-refractivity contribution in [1.82, 2.24) is 0 Å². The van der Waals surface area contributed by atoms with Crippen LogP contribution >= 0.6 is 22.3 Å². The number of hydrogen-bond acceptors (Lipinski definition) is 4. The number of carbonyl (C=O) groups excluding carboxylic acids is 1. The van der Waals surface area contributed by atoms with E-state index < -0.39 is 15.0 Å². The highest BCUT2D eigenvalue weighted by Crippen LogP contribution is 2.25. The molecule has 22 heavy (non-hydrogen) atoms. The normalized spacial score (nSPS) is 11.0. The molecule has 0 saturated carbocycles. The molecule has 1 N–H and O–H groups in total. The summed E-state index contributed by atoms with van der Waals surface area (Å²) in [5, 5.41) is 3.16. The van der Waals surface area contributed by atoms with Crippen LogP contribution < -0.4 is 10.1 Å².